The van der Waals surface area contributed by atoms with Crippen molar-refractivity contribution in [2.45, 2.75) is 25.5 Å². The summed E-state index contributed by atoms with van der Waals surface area (Å²) in [7, 11) is 1.54. The number of aromatic nitrogens is 4. The van der Waals surface area contributed by atoms with Gasteiger partial charge in [-0.3, -0.25) is 14.3 Å². The molecule has 1 atom stereocenters. The van der Waals surface area contributed by atoms with E-state index in [9.17, 15) is 14.7 Å². The number of imidazole rings is 1. The summed E-state index contributed by atoms with van der Waals surface area (Å²) in [5, 5.41) is 18.9. The maximum atomic E-state index is 12.2. The summed E-state index contributed by atoms with van der Waals surface area (Å²) in [4.78, 5) is 32.6. The Morgan fingerprint density at radius 1 is 1.32 bits per heavy atom. The summed E-state index contributed by atoms with van der Waals surface area (Å²) in [6.45, 7) is 1.25. The predicted octanol–water partition coefficient (Wildman–Crippen LogP) is -1.62. The minimum absolute atomic E-state index is 0.0418. The van der Waals surface area contributed by atoms with Gasteiger partial charge in [-0.1, -0.05) is 0 Å². The molecule has 0 radical (unpaired) electrons. The first-order valence-electron chi connectivity index (χ1n) is 7.26. The Morgan fingerprint density at radius 2 is 2.00 bits per heavy atom. The van der Waals surface area contributed by atoms with E-state index in [0.29, 0.717) is 5.95 Å². The van der Waals surface area contributed by atoms with Gasteiger partial charge in [0.25, 0.3) is 5.56 Å². The van der Waals surface area contributed by atoms with Crippen LogP contribution in [0.3, 0.4) is 0 Å². The fraction of sp³-hybridized carbons (Fsp3) is 0.615. The molecule has 0 saturated carbocycles. The Hall–Kier alpha value is -2.13. The number of nitrogens with one attached hydrogen (secondary N) is 1. The van der Waals surface area contributed by atoms with Gasteiger partial charge in [0, 0.05) is 20.1 Å². The number of fused-ring (bicyclic) bond motifs is 1. The Balaban J connectivity index is 2.26. The molecule has 120 valence electrons. The molecule has 9 nitrogen and oxygen atoms in total. The van der Waals surface area contributed by atoms with E-state index in [-0.39, 0.29) is 17.7 Å². The molecule has 1 saturated heterocycles. The first kappa shape index (κ1) is 14.8. The SMILES string of the molecule is Cn1c(=O)[nH]c(=O)c2c1nc(N1CCCC1)n2C[C@@H](O)CO. The van der Waals surface area contributed by atoms with E-state index in [4.69, 9.17) is 5.11 Å². The fourth-order valence-electron chi connectivity index (χ4n) is 2.82. The highest BCUT2D eigenvalue weighted by molar-refractivity contribution is 5.74. The molecule has 9 heteroatoms. The molecular weight excluding hydrogens is 290 g/mol. The lowest BCUT2D eigenvalue weighted by atomic mass is 10.3. The molecule has 0 amide bonds. The molecule has 1 aliphatic heterocycles. The van der Waals surface area contributed by atoms with Crippen LogP contribution in [0.5, 0.6) is 0 Å². The van der Waals surface area contributed by atoms with Crippen LogP contribution < -0.4 is 16.1 Å². The summed E-state index contributed by atoms with van der Waals surface area (Å²) in [6, 6.07) is 0. The minimum Gasteiger partial charge on any atom is -0.394 e. The van der Waals surface area contributed by atoms with Crippen molar-refractivity contribution >= 4 is 17.1 Å². The second-order valence-electron chi connectivity index (χ2n) is 5.54. The second-order valence-corrected chi connectivity index (χ2v) is 5.54. The van der Waals surface area contributed by atoms with Gasteiger partial charge in [-0.25, -0.2) is 4.79 Å². The maximum absolute atomic E-state index is 12.2. The second kappa shape index (κ2) is 5.58. The standard InChI is InChI=1S/C13H19N5O4/c1-16-10-9(11(21)15-13(16)22)18(6-8(20)7-19)12(14-10)17-4-2-3-5-17/h8,19-20H,2-7H2,1H3,(H,15,21,22)/t8-/m1/s1. The zero-order valence-corrected chi connectivity index (χ0v) is 12.3. The van der Waals surface area contributed by atoms with E-state index in [2.05, 4.69) is 9.97 Å². The highest BCUT2D eigenvalue weighted by Gasteiger charge is 2.24. The molecule has 3 N–H and O–H groups in total. The molecule has 0 unspecified atom stereocenters. The maximum Gasteiger partial charge on any atom is 0.329 e. The van der Waals surface area contributed by atoms with Crippen molar-refractivity contribution in [1.82, 2.24) is 19.1 Å². The summed E-state index contributed by atoms with van der Waals surface area (Å²) in [6.07, 6.45) is 1.05. The van der Waals surface area contributed by atoms with Crippen LogP contribution in [0, 0.1) is 0 Å². The third-order valence-corrected chi connectivity index (χ3v) is 3.98. The van der Waals surface area contributed by atoms with Gasteiger partial charge in [0.05, 0.1) is 19.3 Å². The van der Waals surface area contributed by atoms with E-state index in [1.807, 2.05) is 4.90 Å². The first-order valence-corrected chi connectivity index (χ1v) is 7.26. The van der Waals surface area contributed by atoms with Crippen LogP contribution in [0.2, 0.25) is 0 Å². The average molecular weight is 309 g/mol. The lowest BCUT2D eigenvalue weighted by Gasteiger charge is -2.19. The van der Waals surface area contributed by atoms with Crippen molar-refractivity contribution in [2.75, 3.05) is 24.6 Å². The third kappa shape index (κ3) is 2.32. The molecule has 1 aliphatic rings. The van der Waals surface area contributed by atoms with Gasteiger partial charge in [0.2, 0.25) is 5.95 Å². The molecule has 2 aromatic rings. The van der Waals surface area contributed by atoms with Crippen LogP contribution >= 0.6 is 0 Å². The first-order chi connectivity index (χ1) is 10.5. The van der Waals surface area contributed by atoms with Crippen LogP contribution in [-0.4, -0.2) is 55.1 Å². The topological polar surface area (TPSA) is 116 Å². The number of aliphatic hydroxyl groups excluding tert-OH is 2. The molecule has 3 heterocycles. The van der Waals surface area contributed by atoms with Crippen LogP contribution in [-0.2, 0) is 13.6 Å². The summed E-state index contributed by atoms with van der Waals surface area (Å²) in [5.74, 6) is 0.548. The minimum atomic E-state index is -1.00. The summed E-state index contributed by atoms with van der Waals surface area (Å²) in [5.41, 5.74) is -0.559. The van der Waals surface area contributed by atoms with E-state index in [0.717, 1.165) is 25.9 Å². The van der Waals surface area contributed by atoms with Crippen LogP contribution in [0.25, 0.3) is 11.2 Å². The molecule has 3 rings (SSSR count). The van der Waals surface area contributed by atoms with Gasteiger partial charge in [0.1, 0.15) is 0 Å². The van der Waals surface area contributed by atoms with E-state index in [1.54, 1.807) is 4.57 Å². The van der Waals surface area contributed by atoms with Crippen molar-refractivity contribution in [3.63, 3.8) is 0 Å². The number of hydrogen-bond donors (Lipinski definition) is 3. The molecule has 0 aromatic carbocycles. The van der Waals surface area contributed by atoms with Crippen molar-refractivity contribution in [1.29, 1.82) is 0 Å². The van der Waals surface area contributed by atoms with Crippen molar-refractivity contribution < 1.29 is 10.2 Å². The van der Waals surface area contributed by atoms with Gasteiger partial charge in [-0.05, 0) is 12.8 Å². The van der Waals surface area contributed by atoms with Crippen LogP contribution in [0.1, 0.15) is 12.8 Å². The molecular formula is C13H19N5O4. The Morgan fingerprint density at radius 3 is 2.64 bits per heavy atom. The zero-order valence-electron chi connectivity index (χ0n) is 12.3. The lowest BCUT2D eigenvalue weighted by molar-refractivity contribution is 0.0823. The smallest absolute Gasteiger partial charge is 0.329 e. The van der Waals surface area contributed by atoms with Gasteiger partial charge in [-0.2, -0.15) is 4.98 Å². The van der Waals surface area contributed by atoms with E-state index < -0.39 is 24.0 Å². The molecule has 2 aromatic heterocycles. The Bertz CT molecular complexity index is 799. The van der Waals surface area contributed by atoms with Crippen molar-refractivity contribution in [2.24, 2.45) is 7.05 Å². The van der Waals surface area contributed by atoms with Crippen LogP contribution in [0.4, 0.5) is 5.95 Å². The zero-order chi connectivity index (χ0) is 15.9. The quantitative estimate of drug-likeness (QED) is 0.625. The van der Waals surface area contributed by atoms with Gasteiger partial charge < -0.3 is 19.7 Å². The fourth-order valence-corrected chi connectivity index (χ4v) is 2.82. The number of aliphatic hydroxyl groups is 2. The van der Waals surface area contributed by atoms with Gasteiger partial charge in [0.15, 0.2) is 11.2 Å². The normalized spacial score (nSPS) is 16.6. The summed E-state index contributed by atoms with van der Waals surface area (Å²) >= 11 is 0. The number of H-pyrrole nitrogens is 1. The van der Waals surface area contributed by atoms with Gasteiger partial charge in [-0.15, -0.1) is 0 Å². The number of aromatic amines is 1. The molecule has 0 bridgehead atoms. The molecule has 1 fully saturated rings. The highest BCUT2D eigenvalue weighted by atomic mass is 16.3. The molecule has 0 spiro atoms. The van der Waals surface area contributed by atoms with Gasteiger partial charge >= 0.3 is 5.69 Å². The number of rotatable bonds is 4. The lowest BCUT2D eigenvalue weighted by Crippen LogP contribution is -2.31. The number of nitrogens with zero attached hydrogens (tertiary/aromatic N) is 4. The summed E-state index contributed by atoms with van der Waals surface area (Å²) < 4.78 is 2.86. The van der Waals surface area contributed by atoms with Crippen LogP contribution in [0.15, 0.2) is 9.59 Å². The number of anilines is 1. The van der Waals surface area contributed by atoms with Crippen molar-refractivity contribution in [3.05, 3.63) is 20.8 Å². The molecule has 22 heavy (non-hydrogen) atoms. The Kier molecular flexibility index (Phi) is 3.75. The third-order valence-electron chi connectivity index (χ3n) is 3.98. The molecule has 0 aliphatic carbocycles. The predicted molar refractivity (Wildman–Crippen MR) is 80.1 cm³/mol. The monoisotopic (exact) mass is 309 g/mol. The largest absolute Gasteiger partial charge is 0.394 e. The number of aryl methyl sites for hydroxylation is 1. The average Bonchev–Trinajstić information content (AvgIpc) is 3.12. The highest BCUT2D eigenvalue weighted by Crippen LogP contribution is 2.23. The van der Waals surface area contributed by atoms with Crippen molar-refractivity contribution in [3.8, 4) is 0 Å². The van der Waals surface area contributed by atoms with E-state index in [1.165, 1.54) is 11.6 Å². The number of hydrogen-bond acceptors (Lipinski definition) is 6. The Labute approximate surface area is 125 Å². The van der Waals surface area contributed by atoms with E-state index >= 15 is 0 Å².